The smallest absolute Gasteiger partial charge is 0.279 e. The Morgan fingerprint density at radius 3 is 2.77 bits per heavy atom. The van der Waals surface area contributed by atoms with Gasteiger partial charge in [-0.1, -0.05) is 30.3 Å². The number of aromatic nitrogens is 2. The van der Waals surface area contributed by atoms with Crippen molar-refractivity contribution in [1.29, 1.82) is 0 Å². The summed E-state index contributed by atoms with van der Waals surface area (Å²) in [5, 5.41) is 4.63. The Morgan fingerprint density at radius 2 is 1.97 bits per heavy atom. The summed E-state index contributed by atoms with van der Waals surface area (Å²) in [6.45, 7) is 0.113. The van der Waals surface area contributed by atoms with Crippen LogP contribution in [-0.2, 0) is 11.4 Å². The van der Waals surface area contributed by atoms with Crippen LogP contribution in [0.5, 0.6) is 5.75 Å². The van der Waals surface area contributed by atoms with Gasteiger partial charge in [-0.05, 0) is 23.8 Å². The average molecular weight is 421 g/mol. The molecule has 0 aliphatic carbocycles. The lowest BCUT2D eigenvalue weighted by atomic mass is 9.87. The van der Waals surface area contributed by atoms with Crippen LogP contribution in [0.4, 0.5) is 10.2 Å². The second-order valence-corrected chi connectivity index (χ2v) is 7.86. The zero-order chi connectivity index (χ0) is 20.7. The lowest BCUT2D eigenvalue weighted by molar-refractivity contribution is -0.116. The van der Waals surface area contributed by atoms with Crippen molar-refractivity contribution in [3.05, 3.63) is 93.0 Å². The number of carbonyl (C=O) groups excluding carboxylic acids is 1. The second-order valence-electron chi connectivity index (χ2n) is 6.99. The monoisotopic (exact) mass is 421 g/mol. The van der Waals surface area contributed by atoms with Gasteiger partial charge in [-0.15, -0.1) is 11.3 Å². The fourth-order valence-corrected chi connectivity index (χ4v) is 4.38. The first kappa shape index (κ1) is 18.5. The van der Waals surface area contributed by atoms with Crippen molar-refractivity contribution in [3.8, 4) is 5.75 Å². The van der Waals surface area contributed by atoms with E-state index < -0.39 is 5.92 Å². The molecule has 4 aromatic rings. The van der Waals surface area contributed by atoms with E-state index in [1.807, 2.05) is 17.5 Å². The molecule has 2 aromatic carbocycles. The van der Waals surface area contributed by atoms with Crippen molar-refractivity contribution in [1.82, 2.24) is 9.38 Å². The van der Waals surface area contributed by atoms with E-state index >= 15 is 0 Å². The van der Waals surface area contributed by atoms with E-state index in [0.717, 1.165) is 5.56 Å². The van der Waals surface area contributed by atoms with Crippen molar-refractivity contribution >= 4 is 28.0 Å². The Balaban J connectivity index is 1.45. The van der Waals surface area contributed by atoms with Crippen LogP contribution in [-0.4, -0.2) is 15.3 Å². The minimum atomic E-state index is -0.397. The standard InChI is InChI=1S/C22H16FN3O3S/c23-17-4-2-1-3-14(17)12-29-15-7-5-13(6-8-15)16-11-18(27)24-20-19(16)21(28)25-22-26(20)9-10-30-22/h1-10,16H,11-12H2,(H,24,27)/t16-/m0/s1. The van der Waals surface area contributed by atoms with E-state index in [0.29, 0.717) is 27.7 Å². The van der Waals surface area contributed by atoms with Gasteiger partial charge in [0.2, 0.25) is 5.91 Å². The van der Waals surface area contributed by atoms with E-state index in [-0.39, 0.29) is 30.3 Å². The number of ether oxygens (including phenoxy) is 1. The highest BCUT2D eigenvalue weighted by atomic mass is 32.1. The van der Waals surface area contributed by atoms with Gasteiger partial charge in [-0.25, -0.2) is 4.39 Å². The van der Waals surface area contributed by atoms with Gasteiger partial charge < -0.3 is 10.1 Å². The Morgan fingerprint density at radius 1 is 1.17 bits per heavy atom. The third-order valence-corrected chi connectivity index (χ3v) is 5.90. The highest BCUT2D eigenvalue weighted by molar-refractivity contribution is 7.15. The molecule has 0 saturated heterocycles. The summed E-state index contributed by atoms with van der Waals surface area (Å²) in [4.78, 5) is 29.7. The van der Waals surface area contributed by atoms with Gasteiger partial charge in [0.15, 0.2) is 4.96 Å². The maximum atomic E-state index is 13.7. The molecule has 1 aliphatic heterocycles. The number of benzene rings is 2. The van der Waals surface area contributed by atoms with Gasteiger partial charge >= 0.3 is 0 Å². The Bertz CT molecular complexity index is 1310. The molecule has 8 heteroatoms. The van der Waals surface area contributed by atoms with Crippen molar-refractivity contribution in [2.45, 2.75) is 18.9 Å². The van der Waals surface area contributed by atoms with Gasteiger partial charge in [-0.2, -0.15) is 4.98 Å². The Labute approximate surface area is 174 Å². The quantitative estimate of drug-likeness (QED) is 0.542. The number of fused-ring (bicyclic) bond motifs is 3. The fraction of sp³-hybridized carbons (Fsp3) is 0.136. The molecule has 5 rings (SSSR count). The summed E-state index contributed by atoms with van der Waals surface area (Å²) in [5.74, 6) is 0.189. The van der Waals surface area contributed by atoms with Crippen LogP contribution in [0.15, 0.2) is 64.9 Å². The Kier molecular flexibility index (Phi) is 4.55. The highest BCUT2D eigenvalue weighted by Crippen LogP contribution is 2.36. The first-order chi connectivity index (χ1) is 14.6. The largest absolute Gasteiger partial charge is 0.489 e. The number of thiazole rings is 1. The average Bonchev–Trinajstić information content (AvgIpc) is 3.21. The number of hydrogen-bond acceptors (Lipinski definition) is 5. The van der Waals surface area contributed by atoms with E-state index in [1.54, 1.807) is 40.9 Å². The van der Waals surface area contributed by atoms with E-state index in [2.05, 4.69) is 10.3 Å². The summed E-state index contributed by atoms with van der Waals surface area (Å²) < 4.78 is 21.2. The SMILES string of the molecule is O=C1C[C@@H](c2ccc(OCc3ccccc3F)cc2)c2c(n3ccsc3nc2=O)N1. The molecule has 1 N–H and O–H groups in total. The molecule has 6 nitrogen and oxygen atoms in total. The minimum absolute atomic E-state index is 0.113. The number of anilines is 1. The number of amides is 1. The second kappa shape index (κ2) is 7.38. The lowest BCUT2D eigenvalue weighted by Gasteiger charge is -2.25. The molecule has 0 spiro atoms. The molecule has 0 saturated carbocycles. The molecule has 3 heterocycles. The van der Waals surface area contributed by atoms with Crippen LogP contribution in [0.3, 0.4) is 0 Å². The van der Waals surface area contributed by atoms with E-state index in [4.69, 9.17) is 4.74 Å². The third kappa shape index (κ3) is 3.25. The predicted molar refractivity (Wildman–Crippen MR) is 112 cm³/mol. The first-order valence-electron chi connectivity index (χ1n) is 9.36. The van der Waals surface area contributed by atoms with Crippen LogP contribution in [0.1, 0.15) is 29.0 Å². The van der Waals surface area contributed by atoms with E-state index in [9.17, 15) is 14.0 Å². The van der Waals surface area contributed by atoms with Crippen molar-refractivity contribution in [3.63, 3.8) is 0 Å². The topological polar surface area (TPSA) is 72.7 Å². The molecule has 0 radical (unpaired) electrons. The number of carbonyl (C=O) groups is 1. The highest BCUT2D eigenvalue weighted by Gasteiger charge is 2.31. The molecule has 150 valence electrons. The van der Waals surface area contributed by atoms with Crippen molar-refractivity contribution in [2.24, 2.45) is 0 Å². The number of nitrogens with one attached hydrogen (secondary N) is 1. The van der Waals surface area contributed by atoms with Crippen LogP contribution in [0.25, 0.3) is 4.96 Å². The zero-order valence-electron chi connectivity index (χ0n) is 15.7. The third-order valence-electron chi connectivity index (χ3n) is 5.14. The first-order valence-corrected chi connectivity index (χ1v) is 10.2. The molecule has 2 aromatic heterocycles. The van der Waals surface area contributed by atoms with Crippen LogP contribution < -0.4 is 15.6 Å². The maximum absolute atomic E-state index is 13.7. The summed E-state index contributed by atoms with van der Waals surface area (Å²) in [7, 11) is 0. The van der Waals surface area contributed by atoms with Gasteiger partial charge in [0.1, 0.15) is 24.0 Å². The minimum Gasteiger partial charge on any atom is -0.489 e. The molecule has 0 bridgehead atoms. The molecule has 0 fully saturated rings. The molecule has 1 aliphatic rings. The van der Waals surface area contributed by atoms with Crippen LogP contribution in [0.2, 0.25) is 0 Å². The molecule has 30 heavy (non-hydrogen) atoms. The molecule has 1 amide bonds. The molecule has 1 atom stereocenters. The van der Waals surface area contributed by atoms with Crippen LogP contribution >= 0.6 is 11.3 Å². The number of nitrogens with zero attached hydrogens (tertiary/aromatic N) is 2. The predicted octanol–water partition coefficient (Wildman–Crippen LogP) is 3.95. The fourth-order valence-electron chi connectivity index (χ4n) is 3.67. The lowest BCUT2D eigenvalue weighted by Crippen LogP contribution is -2.31. The molecule has 0 unspecified atom stereocenters. The Hall–Kier alpha value is -3.52. The number of rotatable bonds is 4. The normalized spacial score (nSPS) is 15.6. The summed E-state index contributed by atoms with van der Waals surface area (Å²) in [5.41, 5.74) is 1.43. The van der Waals surface area contributed by atoms with Gasteiger partial charge in [0, 0.05) is 29.5 Å². The van der Waals surface area contributed by atoms with Crippen molar-refractivity contribution in [2.75, 3.05) is 5.32 Å². The van der Waals surface area contributed by atoms with Gasteiger partial charge in [0.25, 0.3) is 5.56 Å². The molecular weight excluding hydrogens is 405 g/mol. The summed E-state index contributed by atoms with van der Waals surface area (Å²) >= 11 is 1.34. The van der Waals surface area contributed by atoms with Gasteiger partial charge in [-0.3, -0.25) is 14.0 Å². The van der Waals surface area contributed by atoms with Gasteiger partial charge in [0.05, 0.1) is 5.56 Å². The summed E-state index contributed by atoms with van der Waals surface area (Å²) in [6.07, 6.45) is 1.95. The number of halogens is 1. The van der Waals surface area contributed by atoms with Crippen molar-refractivity contribution < 1.29 is 13.9 Å². The summed E-state index contributed by atoms with van der Waals surface area (Å²) in [6, 6.07) is 13.6. The molecular formula is C22H16FN3O3S. The zero-order valence-corrected chi connectivity index (χ0v) is 16.5. The maximum Gasteiger partial charge on any atom is 0.279 e. The number of hydrogen-bond donors (Lipinski definition) is 1. The van der Waals surface area contributed by atoms with Crippen LogP contribution in [0, 0.1) is 5.82 Å². The van der Waals surface area contributed by atoms with E-state index in [1.165, 1.54) is 17.4 Å².